The van der Waals surface area contributed by atoms with Gasteiger partial charge in [0.2, 0.25) is 5.78 Å². The van der Waals surface area contributed by atoms with Gasteiger partial charge in [0.25, 0.3) is 0 Å². The van der Waals surface area contributed by atoms with Crippen LogP contribution in [0.25, 0.3) is 0 Å². The molecule has 0 aliphatic heterocycles. The maximum atomic E-state index is 12.4. The fourth-order valence-electron chi connectivity index (χ4n) is 3.27. The minimum Gasteiger partial charge on any atom is -0.482 e. The number of carbonyl (C=O) groups excluding carboxylic acids is 2. The fourth-order valence-corrected chi connectivity index (χ4v) is 3.27. The Morgan fingerprint density at radius 2 is 1.43 bits per heavy atom. The first kappa shape index (κ1) is 21.3. The predicted molar refractivity (Wildman–Crippen MR) is 117 cm³/mol. The lowest BCUT2D eigenvalue weighted by molar-refractivity contribution is -0.144. The molecule has 0 aliphatic carbocycles. The van der Waals surface area contributed by atoms with Gasteiger partial charge in [0.15, 0.2) is 13.2 Å². The van der Waals surface area contributed by atoms with E-state index in [-0.39, 0.29) is 19.0 Å². The van der Waals surface area contributed by atoms with Gasteiger partial charge in [-0.15, -0.1) is 0 Å². The molecule has 0 unspecified atom stereocenters. The highest BCUT2D eigenvalue weighted by Crippen LogP contribution is 2.21. The van der Waals surface area contributed by atoms with Crippen molar-refractivity contribution in [2.75, 3.05) is 13.2 Å². The average Bonchev–Trinajstić information content (AvgIpc) is 2.74. The van der Waals surface area contributed by atoms with Crippen molar-refractivity contribution in [1.29, 1.82) is 0 Å². The third-order valence-corrected chi connectivity index (χ3v) is 5.06. The number of ether oxygens (including phenoxy) is 2. The summed E-state index contributed by atoms with van der Waals surface area (Å²) in [6.45, 7) is 5.30. The van der Waals surface area contributed by atoms with Crippen LogP contribution in [0.2, 0.25) is 0 Å². The minimum absolute atomic E-state index is 0.214. The van der Waals surface area contributed by atoms with E-state index in [1.807, 2.05) is 87.5 Å². The first-order chi connectivity index (χ1) is 14.4. The molecule has 0 heterocycles. The molecule has 0 aliphatic rings. The molecule has 4 heteroatoms. The Hall–Kier alpha value is -3.40. The van der Waals surface area contributed by atoms with Gasteiger partial charge in [-0.05, 0) is 60.7 Å². The zero-order valence-electron chi connectivity index (χ0n) is 17.6. The molecule has 3 aromatic rings. The minimum atomic E-state index is -0.570. The number of para-hydroxylation sites is 1. The summed E-state index contributed by atoms with van der Waals surface area (Å²) in [7, 11) is 0. The SMILES string of the molecule is Cc1cc(C)c(C(=O)COC(=O)COc2ccccc2Cc2ccccc2)cc1C. The molecule has 154 valence electrons. The number of aryl methyl sites for hydroxylation is 3. The van der Waals surface area contributed by atoms with Crippen molar-refractivity contribution in [2.24, 2.45) is 0 Å². The van der Waals surface area contributed by atoms with Crippen molar-refractivity contribution in [3.63, 3.8) is 0 Å². The summed E-state index contributed by atoms with van der Waals surface area (Å²) in [5.74, 6) is -0.151. The Kier molecular flexibility index (Phi) is 7.02. The molecule has 0 saturated carbocycles. The number of carbonyl (C=O) groups is 2. The van der Waals surface area contributed by atoms with Gasteiger partial charge in [0.05, 0.1) is 0 Å². The number of ketones is 1. The average molecular weight is 402 g/mol. The Morgan fingerprint density at radius 1 is 0.767 bits per heavy atom. The largest absolute Gasteiger partial charge is 0.482 e. The molecule has 0 N–H and O–H groups in total. The summed E-state index contributed by atoms with van der Waals surface area (Å²) < 4.78 is 10.8. The zero-order chi connectivity index (χ0) is 21.5. The molecule has 0 amide bonds. The van der Waals surface area contributed by atoms with Crippen LogP contribution < -0.4 is 4.74 Å². The maximum absolute atomic E-state index is 12.4. The topological polar surface area (TPSA) is 52.6 Å². The van der Waals surface area contributed by atoms with E-state index in [9.17, 15) is 9.59 Å². The highest BCUT2D eigenvalue weighted by molar-refractivity contribution is 5.99. The van der Waals surface area contributed by atoms with Crippen molar-refractivity contribution >= 4 is 11.8 Å². The summed E-state index contributed by atoms with van der Waals surface area (Å²) in [6.07, 6.45) is 0.705. The van der Waals surface area contributed by atoms with Crippen molar-refractivity contribution in [3.8, 4) is 5.75 Å². The number of esters is 1. The van der Waals surface area contributed by atoms with E-state index in [1.165, 1.54) is 0 Å². The van der Waals surface area contributed by atoms with Gasteiger partial charge >= 0.3 is 5.97 Å². The van der Waals surface area contributed by atoms with Crippen LogP contribution in [-0.4, -0.2) is 25.0 Å². The van der Waals surface area contributed by atoms with Crippen LogP contribution in [-0.2, 0) is 16.0 Å². The second-order valence-electron chi connectivity index (χ2n) is 7.39. The smallest absolute Gasteiger partial charge is 0.344 e. The van der Waals surface area contributed by atoms with Gasteiger partial charge in [0.1, 0.15) is 5.75 Å². The normalized spacial score (nSPS) is 10.5. The lowest BCUT2D eigenvalue weighted by Gasteiger charge is -2.12. The standard InChI is InChI=1S/C26H26O4/c1-18-13-20(3)23(14-19(18)2)24(27)16-30-26(28)17-29-25-12-8-7-11-22(25)15-21-9-5-4-6-10-21/h4-14H,15-17H2,1-3H3. The first-order valence-corrected chi connectivity index (χ1v) is 9.95. The molecule has 0 radical (unpaired) electrons. The van der Waals surface area contributed by atoms with E-state index in [0.717, 1.165) is 27.8 Å². The summed E-state index contributed by atoms with van der Waals surface area (Å²) in [5, 5.41) is 0. The Morgan fingerprint density at radius 3 is 2.20 bits per heavy atom. The first-order valence-electron chi connectivity index (χ1n) is 9.95. The van der Waals surface area contributed by atoms with Crippen LogP contribution in [0, 0.1) is 20.8 Å². The van der Waals surface area contributed by atoms with Crippen LogP contribution in [0.5, 0.6) is 5.75 Å². The quantitative estimate of drug-likeness (QED) is 0.393. The van der Waals surface area contributed by atoms with Crippen LogP contribution in [0.4, 0.5) is 0 Å². The predicted octanol–water partition coefficient (Wildman–Crippen LogP) is 5.01. The van der Waals surface area contributed by atoms with Crippen LogP contribution in [0.3, 0.4) is 0 Å². The number of hydrogen-bond donors (Lipinski definition) is 0. The van der Waals surface area contributed by atoms with Crippen molar-refractivity contribution in [1.82, 2.24) is 0 Å². The van der Waals surface area contributed by atoms with E-state index in [2.05, 4.69) is 0 Å². The molecule has 0 fully saturated rings. The molecule has 4 nitrogen and oxygen atoms in total. The molecule has 30 heavy (non-hydrogen) atoms. The van der Waals surface area contributed by atoms with Crippen molar-refractivity contribution in [2.45, 2.75) is 27.2 Å². The number of Topliss-reactive ketones (excluding diaryl/α,β-unsaturated/α-hetero) is 1. The number of benzene rings is 3. The molecule has 3 rings (SSSR count). The molecule has 3 aromatic carbocycles. The summed E-state index contributed by atoms with van der Waals surface area (Å²) in [5.41, 5.74) is 5.77. The number of hydrogen-bond acceptors (Lipinski definition) is 4. The molecular weight excluding hydrogens is 376 g/mol. The monoisotopic (exact) mass is 402 g/mol. The van der Waals surface area contributed by atoms with Gasteiger partial charge in [-0.2, -0.15) is 0 Å². The summed E-state index contributed by atoms with van der Waals surface area (Å²) in [6, 6.07) is 21.5. The zero-order valence-corrected chi connectivity index (χ0v) is 17.6. The van der Waals surface area contributed by atoms with Crippen LogP contribution in [0.1, 0.15) is 38.2 Å². The van der Waals surface area contributed by atoms with Gasteiger partial charge in [0, 0.05) is 12.0 Å². The second kappa shape index (κ2) is 9.88. The highest BCUT2D eigenvalue weighted by atomic mass is 16.6. The van der Waals surface area contributed by atoms with Gasteiger partial charge in [-0.25, -0.2) is 4.79 Å². The van der Waals surface area contributed by atoms with E-state index in [1.54, 1.807) is 0 Å². The third kappa shape index (κ3) is 5.57. The van der Waals surface area contributed by atoms with Crippen LogP contribution in [0.15, 0.2) is 66.7 Å². The molecule has 0 atom stereocenters. The maximum Gasteiger partial charge on any atom is 0.344 e. The van der Waals surface area contributed by atoms with E-state index in [0.29, 0.717) is 17.7 Å². The summed E-state index contributed by atoms with van der Waals surface area (Å²) >= 11 is 0. The molecule has 0 spiro atoms. The lowest BCUT2D eigenvalue weighted by atomic mass is 9.98. The molecular formula is C26H26O4. The molecule has 0 aromatic heterocycles. The van der Waals surface area contributed by atoms with Crippen molar-refractivity contribution < 1.29 is 19.1 Å². The van der Waals surface area contributed by atoms with Gasteiger partial charge < -0.3 is 9.47 Å². The number of rotatable bonds is 8. The van der Waals surface area contributed by atoms with Gasteiger partial charge in [-0.1, -0.05) is 54.6 Å². The van der Waals surface area contributed by atoms with E-state index < -0.39 is 5.97 Å². The van der Waals surface area contributed by atoms with Crippen molar-refractivity contribution in [3.05, 3.63) is 100 Å². The Labute approximate surface area is 177 Å². The third-order valence-electron chi connectivity index (χ3n) is 5.06. The summed E-state index contributed by atoms with van der Waals surface area (Å²) in [4.78, 5) is 24.6. The van der Waals surface area contributed by atoms with E-state index >= 15 is 0 Å². The molecule has 0 bridgehead atoms. The Balaban J connectivity index is 1.55. The Bertz CT molecular complexity index is 1040. The molecule has 0 saturated heterocycles. The van der Waals surface area contributed by atoms with Gasteiger partial charge in [-0.3, -0.25) is 4.79 Å². The van der Waals surface area contributed by atoms with E-state index in [4.69, 9.17) is 9.47 Å². The highest BCUT2D eigenvalue weighted by Gasteiger charge is 2.14. The van der Waals surface area contributed by atoms with Crippen LogP contribution >= 0.6 is 0 Å². The lowest BCUT2D eigenvalue weighted by Crippen LogP contribution is -2.20. The second-order valence-corrected chi connectivity index (χ2v) is 7.39. The fraction of sp³-hybridized carbons (Fsp3) is 0.231.